The van der Waals surface area contributed by atoms with Crippen molar-refractivity contribution in [3.05, 3.63) is 59.4 Å². The summed E-state index contributed by atoms with van der Waals surface area (Å²) in [5, 5.41) is 0. The summed E-state index contributed by atoms with van der Waals surface area (Å²) >= 11 is 0. The summed E-state index contributed by atoms with van der Waals surface area (Å²) in [6.45, 7) is 0. The molecule has 2 rings (SSSR count). The fourth-order valence-electron chi connectivity index (χ4n) is 1.73. The fraction of sp³-hybridized carbons (Fsp3) is 0.0769. The van der Waals surface area contributed by atoms with Gasteiger partial charge in [-0.1, -0.05) is 18.2 Å². The van der Waals surface area contributed by atoms with Crippen molar-refractivity contribution in [1.82, 2.24) is 0 Å². The van der Waals surface area contributed by atoms with Crippen LogP contribution in [-0.2, 0) is 6.18 Å². The average molecular weight is 276 g/mol. The lowest BCUT2D eigenvalue weighted by atomic mass is 9.98. The van der Waals surface area contributed by atoms with E-state index in [1.165, 1.54) is 0 Å². The van der Waals surface area contributed by atoms with Gasteiger partial charge in [0.05, 0.1) is 5.56 Å². The van der Waals surface area contributed by atoms with Crippen molar-refractivity contribution >= 4 is 0 Å². The van der Waals surface area contributed by atoms with Crippen molar-refractivity contribution in [3.8, 4) is 11.1 Å². The smallest absolute Gasteiger partial charge is 0.206 e. The molecule has 0 fully saturated rings. The van der Waals surface area contributed by atoms with Crippen LogP contribution < -0.4 is 0 Å². The van der Waals surface area contributed by atoms with Gasteiger partial charge in [-0.05, 0) is 18.2 Å². The van der Waals surface area contributed by atoms with Crippen LogP contribution in [0.2, 0.25) is 0 Å². The Labute approximate surface area is 104 Å². The van der Waals surface area contributed by atoms with Crippen molar-refractivity contribution in [2.45, 2.75) is 6.18 Å². The Morgan fingerprint density at radius 2 is 1.32 bits per heavy atom. The van der Waals surface area contributed by atoms with Crippen LogP contribution in [-0.4, -0.2) is 0 Å². The molecule has 0 nitrogen and oxygen atoms in total. The van der Waals surface area contributed by atoms with Gasteiger partial charge in [0.15, 0.2) is 11.6 Å². The molecule has 0 unspecified atom stereocenters. The van der Waals surface area contributed by atoms with Gasteiger partial charge in [0.25, 0.3) is 0 Å². The van der Waals surface area contributed by atoms with Gasteiger partial charge in [-0.15, -0.1) is 0 Å². The molecule has 2 aromatic rings. The lowest BCUT2D eigenvalue weighted by Gasteiger charge is -2.14. The molecule has 0 heterocycles. The van der Waals surface area contributed by atoms with Crippen molar-refractivity contribution in [2.24, 2.45) is 0 Å². The van der Waals surface area contributed by atoms with Gasteiger partial charge in [0, 0.05) is 11.1 Å². The van der Waals surface area contributed by atoms with Gasteiger partial charge in [0.1, 0.15) is 5.82 Å². The third-order valence-corrected chi connectivity index (χ3v) is 2.54. The molecular formula is C13H6F6. The molecule has 100 valence electrons. The van der Waals surface area contributed by atoms with Crippen LogP contribution in [0.15, 0.2) is 36.4 Å². The molecule has 0 amide bonds. The molecular weight excluding hydrogens is 270 g/mol. The average Bonchev–Trinajstić information content (AvgIpc) is 2.32. The molecule has 0 atom stereocenters. The monoisotopic (exact) mass is 276 g/mol. The van der Waals surface area contributed by atoms with Gasteiger partial charge in [-0.2, -0.15) is 13.2 Å². The second kappa shape index (κ2) is 4.60. The number of hydrogen-bond donors (Lipinski definition) is 0. The van der Waals surface area contributed by atoms with Crippen LogP contribution in [0, 0.1) is 17.5 Å². The van der Waals surface area contributed by atoms with Gasteiger partial charge in [-0.3, -0.25) is 0 Å². The molecule has 0 aliphatic rings. The quantitative estimate of drug-likeness (QED) is 0.657. The van der Waals surface area contributed by atoms with Gasteiger partial charge < -0.3 is 0 Å². The molecule has 0 N–H and O–H groups in total. The van der Waals surface area contributed by atoms with E-state index in [1.54, 1.807) is 0 Å². The van der Waals surface area contributed by atoms with E-state index in [2.05, 4.69) is 0 Å². The highest BCUT2D eigenvalue weighted by atomic mass is 19.4. The second-order valence-corrected chi connectivity index (χ2v) is 3.76. The van der Waals surface area contributed by atoms with E-state index in [9.17, 15) is 26.3 Å². The standard InChI is InChI=1S/C13H6F6/c14-9-5-2-4-8(13(17,18)19)11(9)7-3-1-6-10(15)12(7)16/h1-6H. The molecule has 0 saturated heterocycles. The van der Waals surface area contributed by atoms with Crippen LogP contribution in [0.5, 0.6) is 0 Å². The third-order valence-electron chi connectivity index (χ3n) is 2.54. The predicted octanol–water partition coefficient (Wildman–Crippen LogP) is 4.79. The summed E-state index contributed by atoms with van der Waals surface area (Å²) in [5.74, 6) is -4.12. The molecule has 2 aromatic carbocycles. The minimum Gasteiger partial charge on any atom is -0.206 e. The highest BCUT2D eigenvalue weighted by Gasteiger charge is 2.35. The summed E-state index contributed by atoms with van der Waals surface area (Å²) in [6.07, 6.45) is -4.86. The van der Waals surface area contributed by atoms with E-state index < -0.39 is 40.3 Å². The Morgan fingerprint density at radius 3 is 1.95 bits per heavy atom. The minimum absolute atomic E-state index is 0.614. The van der Waals surface area contributed by atoms with Crippen molar-refractivity contribution in [3.63, 3.8) is 0 Å². The zero-order chi connectivity index (χ0) is 14.2. The highest BCUT2D eigenvalue weighted by Crippen LogP contribution is 2.39. The van der Waals surface area contributed by atoms with E-state index in [1.807, 2.05) is 0 Å². The number of hydrogen-bond acceptors (Lipinski definition) is 0. The summed E-state index contributed by atoms with van der Waals surface area (Å²) < 4.78 is 78.5. The second-order valence-electron chi connectivity index (χ2n) is 3.76. The van der Waals surface area contributed by atoms with Crippen LogP contribution in [0.3, 0.4) is 0 Å². The summed E-state index contributed by atoms with van der Waals surface area (Å²) in [7, 11) is 0. The Bertz CT molecular complexity index is 615. The fourth-order valence-corrected chi connectivity index (χ4v) is 1.73. The third kappa shape index (κ3) is 2.43. The van der Waals surface area contributed by atoms with Crippen molar-refractivity contribution in [1.29, 1.82) is 0 Å². The summed E-state index contributed by atoms with van der Waals surface area (Å²) in [5.41, 5.74) is -3.10. The number of benzene rings is 2. The van der Waals surface area contributed by atoms with Gasteiger partial charge >= 0.3 is 6.18 Å². The largest absolute Gasteiger partial charge is 0.417 e. The Balaban J connectivity index is 2.79. The van der Waals surface area contributed by atoms with E-state index in [4.69, 9.17) is 0 Å². The Hall–Kier alpha value is -1.98. The van der Waals surface area contributed by atoms with E-state index in [0.717, 1.165) is 30.3 Å². The predicted molar refractivity (Wildman–Crippen MR) is 56.8 cm³/mol. The van der Waals surface area contributed by atoms with Crippen molar-refractivity contribution in [2.75, 3.05) is 0 Å². The number of rotatable bonds is 1. The lowest BCUT2D eigenvalue weighted by molar-refractivity contribution is -0.137. The molecule has 0 aliphatic carbocycles. The number of halogens is 6. The van der Waals surface area contributed by atoms with Gasteiger partial charge in [-0.25, -0.2) is 13.2 Å². The van der Waals surface area contributed by atoms with E-state index in [-0.39, 0.29) is 0 Å². The Kier molecular flexibility index (Phi) is 3.26. The first-order valence-corrected chi connectivity index (χ1v) is 5.12. The molecule has 0 spiro atoms. The molecule has 0 aliphatic heterocycles. The Morgan fingerprint density at radius 1 is 0.737 bits per heavy atom. The van der Waals surface area contributed by atoms with Crippen LogP contribution >= 0.6 is 0 Å². The molecule has 0 bridgehead atoms. The molecule has 19 heavy (non-hydrogen) atoms. The highest BCUT2D eigenvalue weighted by molar-refractivity contribution is 5.69. The van der Waals surface area contributed by atoms with E-state index in [0.29, 0.717) is 6.07 Å². The number of alkyl halides is 3. The molecule has 0 aromatic heterocycles. The normalized spacial score (nSPS) is 11.7. The zero-order valence-corrected chi connectivity index (χ0v) is 9.23. The maximum Gasteiger partial charge on any atom is 0.417 e. The van der Waals surface area contributed by atoms with E-state index >= 15 is 0 Å². The maximum absolute atomic E-state index is 13.6. The summed E-state index contributed by atoms with van der Waals surface area (Å²) in [4.78, 5) is 0. The molecule has 0 saturated carbocycles. The topological polar surface area (TPSA) is 0 Å². The first-order chi connectivity index (χ1) is 8.82. The molecule has 6 heteroatoms. The maximum atomic E-state index is 13.6. The minimum atomic E-state index is -4.86. The molecule has 0 radical (unpaired) electrons. The van der Waals surface area contributed by atoms with Crippen LogP contribution in [0.1, 0.15) is 5.56 Å². The van der Waals surface area contributed by atoms with Crippen molar-refractivity contribution < 1.29 is 26.3 Å². The zero-order valence-electron chi connectivity index (χ0n) is 9.23. The first-order valence-electron chi connectivity index (χ1n) is 5.12. The van der Waals surface area contributed by atoms with Crippen LogP contribution in [0.25, 0.3) is 11.1 Å². The SMILES string of the molecule is Fc1cccc(-c2c(F)cccc2C(F)(F)F)c1F. The summed E-state index contributed by atoms with van der Waals surface area (Å²) in [6, 6.07) is 4.88. The van der Waals surface area contributed by atoms with Gasteiger partial charge in [0.2, 0.25) is 0 Å². The lowest BCUT2D eigenvalue weighted by Crippen LogP contribution is -2.09. The first kappa shape index (κ1) is 13.5. The van der Waals surface area contributed by atoms with Crippen LogP contribution in [0.4, 0.5) is 26.3 Å².